The number of hydrogen-bond acceptors (Lipinski definition) is 4. The first kappa shape index (κ1) is 20.9. The summed E-state index contributed by atoms with van der Waals surface area (Å²) in [6.45, 7) is 1.19. The summed E-state index contributed by atoms with van der Waals surface area (Å²) in [6, 6.07) is 16.7. The van der Waals surface area contributed by atoms with E-state index >= 15 is 0 Å². The second-order valence-corrected chi connectivity index (χ2v) is 9.24. The maximum absolute atomic E-state index is 12.9. The van der Waals surface area contributed by atoms with Crippen molar-refractivity contribution in [3.63, 3.8) is 0 Å². The number of piperidine rings is 1. The Hall–Kier alpha value is -2.99. The monoisotopic (exact) mass is 431 g/mol. The number of nitrogens with zero attached hydrogens (tertiary/aromatic N) is 1. The van der Waals surface area contributed by atoms with Crippen LogP contribution in [0, 0.1) is 0 Å². The van der Waals surface area contributed by atoms with Crippen molar-refractivity contribution in [2.45, 2.75) is 69.6 Å². The predicted octanol–water partition coefficient (Wildman–Crippen LogP) is 3.26. The lowest BCUT2D eigenvalue weighted by Gasteiger charge is -2.30. The number of nitrogens with one attached hydrogen (secondary N) is 2. The summed E-state index contributed by atoms with van der Waals surface area (Å²) in [7, 11) is 0. The van der Waals surface area contributed by atoms with E-state index in [0.717, 1.165) is 24.1 Å². The number of hydrogen-bond donors (Lipinski definition) is 2. The minimum absolute atomic E-state index is 0.119. The van der Waals surface area contributed by atoms with E-state index in [1.807, 2.05) is 12.1 Å². The Balaban J connectivity index is 1.21. The zero-order valence-electron chi connectivity index (χ0n) is 18.2. The van der Waals surface area contributed by atoms with Gasteiger partial charge in [0.2, 0.25) is 11.8 Å². The lowest BCUT2D eigenvalue weighted by molar-refractivity contribution is -0.136. The highest BCUT2D eigenvalue weighted by atomic mass is 16.2. The van der Waals surface area contributed by atoms with Crippen molar-refractivity contribution < 1.29 is 14.4 Å². The second-order valence-electron chi connectivity index (χ2n) is 9.24. The van der Waals surface area contributed by atoms with Gasteiger partial charge in [-0.3, -0.25) is 19.7 Å². The molecule has 166 valence electrons. The maximum atomic E-state index is 12.9. The molecule has 2 N–H and O–H groups in total. The first-order valence-electron chi connectivity index (χ1n) is 11.6. The van der Waals surface area contributed by atoms with Gasteiger partial charge < -0.3 is 10.2 Å². The van der Waals surface area contributed by atoms with E-state index in [2.05, 4.69) is 47.0 Å². The van der Waals surface area contributed by atoms with Crippen LogP contribution in [0.15, 0.2) is 48.5 Å². The van der Waals surface area contributed by atoms with Gasteiger partial charge in [-0.1, -0.05) is 48.9 Å². The lowest BCUT2D eigenvalue weighted by Crippen LogP contribution is -2.52. The topological polar surface area (TPSA) is 78.5 Å². The molecule has 2 fully saturated rings. The molecule has 1 aliphatic carbocycles. The number of imide groups is 1. The molecular formula is C26H29N3O3. The molecule has 3 unspecified atom stereocenters. The van der Waals surface area contributed by atoms with Crippen molar-refractivity contribution in [2.24, 2.45) is 0 Å². The third-order valence-electron chi connectivity index (χ3n) is 7.13. The van der Waals surface area contributed by atoms with Crippen LogP contribution in [0.3, 0.4) is 0 Å². The first-order chi connectivity index (χ1) is 15.6. The minimum Gasteiger partial charge on any atom is -0.322 e. The molecule has 2 aromatic rings. The average Bonchev–Trinajstić information content (AvgIpc) is 3.14. The van der Waals surface area contributed by atoms with Crippen molar-refractivity contribution in [1.82, 2.24) is 15.5 Å². The van der Waals surface area contributed by atoms with Gasteiger partial charge in [0.1, 0.15) is 6.04 Å². The standard InChI is InChI=1S/C26H29N3O3/c30-24-12-11-23(25(31)28-24)29-16-20-13-17(9-10-22(20)26(29)32)15-27-21-8-4-7-19(14-21)18-5-2-1-3-6-18/h1-3,5-6,9-10,13,19,21,23,27H,4,7-8,11-12,14-16H2,(H,28,30,31). The van der Waals surface area contributed by atoms with E-state index in [-0.39, 0.29) is 24.1 Å². The summed E-state index contributed by atoms with van der Waals surface area (Å²) in [5.74, 6) is -0.135. The molecule has 3 amide bonds. The van der Waals surface area contributed by atoms with E-state index in [0.29, 0.717) is 30.5 Å². The largest absolute Gasteiger partial charge is 0.322 e. The maximum Gasteiger partial charge on any atom is 0.255 e. The van der Waals surface area contributed by atoms with Gasteiger partial charge in [0, 0.05) is 31.1 Å². The Morgan fingerprint density at radius 2 is 1.84 bits per heavy atom. The summed E-state index contributed by atoms with van der Waals surface area (Å²) >= 11 is 0. The number of carbonyl (C=O) groups excluding carboxylic acids is 3. The Labute approximate surface area is 188 Å². The van der Waals surface area contributed by atoms with Gasteiger partial charge in [-0.25, -0.2) is 0 Å². The molecule has 3 atom stereocenters. The van der Waals surface area contributed by atoms with E-state index in [1.54, 1.807) is 4.90 Å². The van der Waals surface area contributed by atoms with Gasteiger partial charge in [0.15, 0.2) is 0 Å². The molecular weight excluding hydrogens is 402 g/mol. The number of rotatable bonds is 5. The number of benzene rings is 2. The molecule has 0 aromatic heterocycles. The SMILES string of the molecule is O=C1CCC(N2Cc3cc(CNC4CCCC(c5ccccc5)C4)ccc3C2=O)C(=O)N1. The van der Waals surface area contributed by atoms with Gasteiger partial charge in [0.05, 0.1) is 0 Å². The molecule has 3 aliphatic rings. The van der Waals surface area contributed by atoms with Crippen molar-refractivity contribution in [3.05, 3.63) is 70.8 Å². The highest BCUT2D eigenvalue weighted by molar-refractivity contribution is 6.05. The molecule has 0 radical (unpaired) electrons. The second kappa shape index (κ2) is 8.87. The van der Waals surface area contributed by atoms with Gasteiger partial charge in [-0.05, 0) is 54.4 Å². The molecule has 6 heteroatoms. The molecule has 1 saturated carbocycles. The van der Waals surface area contributed by atoms with Gasteiger partial charge in [-0.2, -0.15) is 0 Å². The van der Waals surface area contributed by atoms with Crippen LogP contribution in [-0.2, 0) is 22.7 Å². The molecule has 5 rings (SSSR count). The van der Waals surface area contributed by atoms with Gasteiger partial charge in [0.25, 0.3) is 5.91 Å². The smallest absolute Gasteiger partial charge is 0.255 e. The zero-order chi connectivity index (χ0) is 22.1. The summed E-state index contributed by atoms with van der Waals surface area (Å²) in [5, 5.41) is 6.08. The van der Waals surface area contributed by atoms with Crippen LogP contribution in [0.2, 0.25) is 0 Å². The fourth-order valence-corrected chi connectivity index (χ4v) is 5.40. The quantitative estimate of drug-likeness (QED) is 0.713. The van der Waals surface area contributed by atoms with Crippen LogP contribution < -0.4 is 10.6 Å². The van der Waals surface area contributed by atoms with Gasteiger partial charge in [-0.15, -0.1) is 0 Å². The highest BCUT2D eigenvalue weighted by Gasteiger charge is 2.39. The first-order valence-corrected chi connectivity index (χ1v) is 11.6. The third kappa shape index (κ3) is 4.19. The normalized spacial score (nSPS) is 25.6. The van der Waals surface area contributed by atoms with Crippen molar-refractivity contribution in [2.75, 3.05) is 0 Å². The summed E-state index contributed by atoms with van der Waals surface area (Å²) in [5.41, 5.74) is 4.22. The predicted molar refractivity (Wildman–Crippen MR) is 121 cm³/mol. The fourth-order valence-electron chi connectivity index (χ4n) is 5.40. The molecule has 32 heavy (non-hydrogen) atoms. The summed E-state index contributed by atoms with van der Waals surface area (Å²) in [4.78, 5) is 38.1. The fraction of sp³-hybridized carbons (Fsp3) is 0.423. The molecule has 0 bridgehead atoms. The van der Waals surface area contributed by atoms with Crippen LogP contribution in [0.4, 0.5) is 0 Å². The molecule has 2 heterocycles. The van der Waals surface area contributed by atoms with E-state index in [1.165, 1.54) is 24.8 Å². The number of fused-ring (bicyclic) bond motifs is 1. The van der Waals surface area contributed by atoms with Crippen LogP contribution in [-0.4, -0.2) is 34.7 Å². The van der Waals surface area contributed by atoms with Crippen molar-refractivity contribution >= 4 is 17.7 Å². The van der Waals surface area contributed by atoms with E-state index in [9.17, 15) is 14.4 Å². The molecule has 0 spiro atoms. The Bertz CT molecular complexity index is 1040. The molecule has 6 nitrogen and oxygen atoms in total. The third-order valence-corrected chi connectivity index (χ3v) is 7.13. The van der Waals surface area contributed by atoms with Crippen LogP contribution in [0.5, 0.6) is 0 Å². The van der Waals surface area contributed by atoms with Gasteiger partial charge >= 0.3 is 0 Å². The van der Waals surface area contributed by atoms with Crippen LogP contribution in [0.25, 0.3) is 0 Å². The molecule has 2 aliphatic heterocycles. The molecule has 2 aromatic carbocycles. The lowest BCUT2D eigenvalue weighted by atomic mass is 9.81. The van der Waals surface area contributed by atoms with Crippen molar-refractivity contribution in [3.8, 4) is 0 Å². The minimum atomic E-state index is -0.564. The summed E-state index contributed by atoms with van der Waals surface area (Å²) < 4.78 is 0. The summed E-state index contributed by atoms with van der Waals surface area (Å²) in [6.07, 6.45) is 5.49. The average molecular weight is 432 g/mol. The van der Waals surface area contributed by atoms with Crippen molar-refractivity contribution in [1.29, 1.82) is 0 Å². The zero-order valence-corrected chi connectivity index (χ0v) is 18.2. The van der Waals surface area contributed by atoms with E-state index in [4.69, 9.17) is 0 Å². The Kier molecular flexibility index (Phi) is 5.79. The Morgan fingerprint density at radius 1 is 1.00 bits per heavy atom. The molecule has 1 saturated heterocycles. The van der Waals surface area contributed by atoms with Crippen LogP contribution in [0.1, 0.15) is 71.5 Å². The number of carbonyl (C=O) groups is 3. The highest BCUT2D eigenvalue weighted by Crippen LogP contribution is 2.33. The van der Waals surface area contributed by atoms with Crippen LogP contribution >= 0.6 is 0 Å². The Morgan fingerprint density at radius 3 is 2.66 bits per heavy atom. The number of amides is 3. The van der Waals surface area contributed by atoms with E-state index < -0.39 is 6.04 Å².